The number of amidine groups is 1. The van der Waals surface area contributed by atoms with E-state index in [4.69, 9.17) is 10.5 Å². The molecule has 2 heterocycles. The van der Waals surface area contributed by atoms with Gasteiger partial charge in [0, 0.05) is 17.7 Å². The van der Waals surface area contributed by atoms with Crippen LogP contribution in [0.5, 0.6) is 0 Å². The van der Waals surface area contributed by atoms with Gasteiger partial charge in [-0.15, -0.1) is 0 Å². The zero-order chi connectivity index (χ0) is 20.5. The lowest BCUT2D eigenvalue weighted by molar-refractivity contribution is -0.0376. The molecule has 0 bridgehead atoms. The SMILES string of the molecule is NC1=N[C@](C(F)F)(C2CC(NC(=O)c3ncc(F)cc3F)=CC=C2F)COC1. The largest absolute Gasteiger partial charge is 0.386 e. The van der Waals surface area contributed by atoms with Gasteiger partial charge in [-0.1, -0.05) is 0 Å². The number of pyridine rings is 1. The average molecular weight is 402 g/mol. The number of aromatic nitrogens is 1. The molecule has 1 aromatic rings. The average Bonchev–Trinajstić information content (AvgIpc) is 2.62. The van der Waals surface area contributed by atoms with Crippen molar-refractivity contribution in [3.8, 4) is 0 Å². The number of carbonyl (C=O) groups excluding carboxylic acids is 1. The van der Waals surface area contributed by atoms with Gasteiger partial charge < -0.3 is 15.8 Å². The molecule has 0 radical (unpaired) electrons. The second kappa shape index (κ2) is 7.66. The second-order valence-electron chi connectivity index (χ2n) is 6.33. The van der Waals surface area contributed by atoms with Crippen LogP contribution in [0.25, 0.3) is 0 Å². The van der Waals surface area contributed by atoms with Crippen molar-refractivity contribution >= 4 is 11.7 Å². The summed E-state index contributed by atoms with van der Waals surface area (Å²) in [7, 11) is 0. The maximum atomic E-state index is 14.4. The van der Waals surface area contributed by atoms with E-state index in [2.05, 4.69) is 15.3 Å². The van der Waals surface area contributed by atoms with Gasteiger partial charge in [-0.2, -0.15) is 0 Å². The molecule has 0 saturated heterocycles. The van der Waals surface area contributed by atoms with E-state index in [0.29, 0.717) is 12.3 Å². The molecule has 28 heavy (non-hydrogen) atoms. The fraction of sp³-hybridized carbons (Fsp3) is 0.353. The van der Waals surface area contributed by atoms with Crippen LogP contribution in [0.2, 0.25) is 0 Å². The monoisotopic (exact) mass is 402 g/mol. The van der Waals surface area contributed by atoms with Gasteiger partial charge in [-0.25, -0.2) is 26.9 Å². The molecule has 0 aromatic carbocycles. The number of amides is 1. The van der Waals surface area contributed by atoms with Gasteiger partial charge in [-0.3, -0.25) is 9.79 Å². The summed E-state index contributed by atoms with van der Waals surface area (Å²) >= 11 is 0. The first-order valence-corrected chi connectivity index (χ1v) is 8.11. The quantitative estimate of drug-likeness (QED) is 0.756. The number of nitrogens with two attached hydrogens (primary N) is 1. The highest BCUT2D eigenvalue weighted by molar-refractivity contribution is 5.93. The summed E-state index contributed by atoms with van der Waals surface area (Å²) < 4.78 is 73.7. The number of aliphatic imine (C=N–C) groups is 1. The van der Waals surface area contributed by atoms with E-state index in [9.17, 15) is 26.7 Å². The van der Waals surface area contributed by atoms with Crippen LogP contribution in [0.4, 0.5) is 22.0 Å². The summed E-state index contributed by atoms with van der Waals surface area (Å²) in [6.07, 6.45) is -0.759. The maximum absolute atomic E-state index is 14.4. The van der Waals surface area contributed by atoms with Crippen molar-refractivity contribution in [3.63, 3.8) is 0 Å². The number of rotatable bonds is 4. The Bertz CT molecular complexity index is 886. The highest BCUT2D eigenvalue weighted by atomic mass is 19.3. The highest BCUT2D eigenvalue weighted by Crippen LogP contribution is 2.42. The first-order chi connectivity index (χ1) is 13.2. The third-order valence-corrected chi connectivity index (χ3v) is 4.41. The number of halogens is 5. The summed E-state index contributed by atoms with van der Waals surface area (Å²) in [6.45, 7) is -0.714. The fourth-order valence-electron chi connectivity index (χ4n) is 3.07. The number of hydrogen-bond donors (Lipinski definition) is 2. The topological polar surface area (TPSA) is 89.6 Å². The van der Waals surface area contributed by atoms with Gasteiger partial charge in [0.05, 0.1) is 12.8 Å². The zero-order valence-electron chi connectivity index (χ0n) is 14.3. The van der Waals surface area contributed by atoms with Crippen molar-refractivity contribution in [1.82, 2.24) is 10.3 Å². The van der Waals surface area contributed by atoms with Gasteiger partial charge in [0.2, 0.25) is 0 Å². The lowest BCUT2D eigenvalue weighted by Gasteiger charge is -2.39. The van der Waals surface area contributed by atoms with Gasteiger partial charge in [0.15, 0.2) is 17.1 Å². The number of hydrogen-bond acceptors (Lipinski definition) is 5. The molecule has 1 unspecified atom stereocenters. The van der Waals surface area contributed by atoms with Crippen LogP contribution < -0.4 is 11.1 Å². The number of alkyl halides is 2. The van der Waals surface area contributed by atoms with Gasteiger partial charge in [0.1, 0.15) is 24.1 Å². The normalized spacial score (nSPS) is 25.1. The first-order valence-electron chi connectivity index (χ1n) is 8.11. The van der Waals surface area contributed by atoms with Crippen molar-refractivity contribution in [2.75, 3.05) is 13.2 Å². The van der Waals surface area contributed by atoms with Crippen molar-refractivity contribution in [2.45, 2.75) is 18.4 Å². The smallest absolute Gasteiger partial charge is 0.277 e. The van der Waals surface area contributed by atoms with Crippen molar-refractivity contribution in [2.24, 2.45) is 16.6 Å². The number of ether oxygens (including phenoxy) is 1. The Kier molecular flexibility index (Phi) is 5.45. The summed E-state index contributed by atoms with van der Waals surface area (Å²) in [5.41, 5.74) is 2.58. The molecular formula is C17H15F5N4O2. The van der Waals surface area contributed by atoms with E-state index in [1.165, 1.54) is 0 Å². The minimum atomic E-state index is -3.10. The van der Waals surface area contributed by atoms with E-state index in [-0.39, 0.29) is 24.6 Å². The third kappa shape index (κ3) is 3.75. The van der Waals surface area contributed by atoms with Crippen LogP contribution in [0.15, 0.2) is 40.9 Å². The molecule has 1 amide bonds. The molecule has 1 aliphatic carbocycles. The molecular weight excluding hydrogens is 387 g/mol. The van der Waals surface area contributed by atoms with Crippen LogP contribution in [-0.2, 0) is 4.74 Å². The van der Waals surface area contributed by atoms with Crippen LogP contribution in [0.3, 0.4) is 0 Å². The molecule has 11 heteroatoms. The van der Waals surface area contributed by atoms with Crippen LogP contribution >= 0.6 is 0 Å². The third-order valence-electron chi connectivity index (χ3n) is 4.41. The Balaban J connectivity index is 1.84. The summed E-state index contributed by atoms with van der Waals surface area (Å²) in [5.74, 6) is -5.75. The van der Waals surface area contributed by atoms with Crippen LogP contribution in [-0.4, -0.2) is 41.9 Å². The van der Waals surface area contributed by atoms with Gasteiger partial charge in [0.25, 0.3) is 12.3 Å². The molecule has 2 aliphatic rings. The minimum absolute atomic E-state index is 0.0290. The predicted octanol–water partition coefficient (Wildman–Crippen LogP) is 2.24. The predicted molar refractivity (Wildman–Crippen MR) is 88.2 cm³/mol. The van der Waals surface area contributed by atoms with Crippen molar-refractivity contribution < 1.29 is 31.5 Å². The van der Waals surface area contributed by atoms with E-state index >= 15 is 0 Å². The highest BCUT2D eigenvalue weighted by Gasteiger charge is 2.51. The summed E-state index contributed by atoms with van der Waals surface area (Å²) in [5, 5.41) is 2.27. The Morgan fingerprint density at radius 3 is 2.71 bits per heavy atom. The molecule has 0 fully saturated rings. The molecule has 3 N–H and O–H groups in total. The number of allylic oxidation sites excluding steroid dienone is 3. The molecule has 1 aliphatic heterocycles. The second-order valence-corrected chi connectivity index (χ2v) is 6.33. The number of carbonyl (C=O) groups is 1. The Morgan fingerprint density at radius 2 is 2.07 bits per heavy atom. The number of nitrogens with one attached hydrogen (secondary N) is 1. The van der Waals surface area contributed by atoms with E-state index in [1.54, 1.807) is 0 Å². The Hall–Kier alpha value is -2.82. The molecule has 0 spiro atoms. The van der Waals surface area contributed by atoms with E-state index < -0.39 is 53.6 Å². The molecule has 2 atom stereocenters. The van der Waals surface area contributed by atoms with Gasteiger partial charge >= 0.3 is 0 Å². The lowest BCUT2D eigenvalue weighted by Crippen LogP contribution is -2.53. The maximum Gasteiger partial charge on any atom is 0.277 e. The molecule has 150 valence electrons. The lowest BCUT2D eigenvalue weighted by atomic mass is 9.78. The zero-order valence-corrected chi connectivity index (χ0v) is 14.3. The Labute approximate surface area is 156 Å². The molecule has 6 nitrogen and oxygen atoms in total. The van der Waals surface area contributed by atoms with Crippen molar-refractivity contribution in [1.29, 1.82) is 0 Å². The summed E-state index contributed by atoms with van der Waals surface area (Å²) in [4.78, 5) is 19.3. The standard InChI is InChI=1S/C17H15F5N4O2/c18-8-3-12(20)14(24-5-8)15(27)25-9-1-2-11(19)10(4-9)17(16(21)22)7-28-6-13(23)26-17/h1-3,5,10,16H,4,6-7H2,(H2,23,26)(H,25,27)/t10?,17-/m0/s1. The van der Waals surface area contributed by atoms with Crippen LogP contribution in [0, 0.1) is 17.6 Å². The molecule has 3 rings (SSSR count). The molecule has 0 saturated carbocycles. The summed E-state index contributed by atoms with van der Waals surface area (Å²) in [6, 6.07) is 0.474. The van der Waals surface area contributed by atoms with E-state index in [1.807, 2.05) is 0 Å². The van der Waals surface area contributed by atoms with E-state index in [0.717, 1.165) is 12.2 Å². The minimum Gasteiger partial charge on any atom is -0.386 e. The first kappa shape index (κ1) is 19.9. The van der Waals surface area contributed by atoms with Crippen molar-refractivity contribution in [3.05, 3.63) is 53.3 Å². The fourth-order valence-corrected chi connectivity index (χ4v) is 3.07. The number of nitrogens with zero attached hydrogens (tertiary/aromatic N) is 2. The van der Waals surface area contributed by atoms with Crippen LogP contribution in [0.1, 0.15) is 16.9 Å². The molecule has 1 aromatic heterocycles. The Morgan fingerprint density at radius 1 is 1.32 bits per heavy atom. The van der Waals surface area contributed by atoms with Gasteiger partial charge in [-0.05, 0) is 18.6 Å².